The van der Waals surface area contributed by atoms with Gasteiger partial charge in [0.05, 0.1) is 23.7 Å². The maximum absolute atomic E-state index is 14.3. The third-order valence-electron chi connectivity index (χ3n) is 7.91. The van der Waals surface area contributed by atoms with Crippen molar-refractivity contribution in [1.29, 1.82) is 0 Å². The maximum Gasteiger partial charge on any atom is 0.201 e. The molecule has 8 heteroatoms. The second-order valence-corrected chi connectivity index (χ2v) is 12.1. The Labute approximate surface area is 179 Å². The van der Waals surface area contributed by atoms with E-state index >= 15 is 0 Å². The fraction of sp³-hybridized carbons (Fsp3) is 0.773. The average molecular weight is 436 g/mol. The minimum absolute atomic E-state index is 0.0902. The quantitative estimate of drug-likeness (QED) is 0.776. The van der Waals surface area contributed by atoms with E-state index in [1.165, 1.54) is 0 Å². The van der Waals surface area contributed by atoms with Crippen LogP contribution in [0.15, 0.2) is 17.2 Å². The Hall–Kier alpha value is -1.06. The number of rotatable bonds is 3. The molecule has 5 rings (SSSR count). The first-order chi connectivity index (χ1) is 14.3. The van der Waals surface area contributed by atoms with Crippen LogP contribution in [-0.4, -0.2) is 74.8 Å². The first kappa shape index (κ1) is 20.8. The van der Waals surface area contributed by atoms with E-state index in [-0.39, 0.29) is 17.6 Å². The van der Waals surface area contributed by atoms with Gasteiger partial charge < -0.3 is 14.8 Å². The molecule has 2 atom stereocenters. The van der Waals surface area contributed by atoms with E-state index in [0.29, 0.717) is 11.3 Å². The highest BCUT2D eigenvalue weighted by Crippen LogP contribution is 2.51. The number of likely N-dealkylation sites (tertiary alicyclic amines) is 1. The van der Waals surface area contributed by atoms with Gasteiger partial charge in [0, 0.05) is 43.4 Å². The Morgan fingerprint density at radius 1 is 1.13 bits per heavy atom. The third-order valence-corrected chi connectivity index (χ3v) is 10.4. The molecule has 4 fully saturated rings. The van der Waals surface area contributed by atoms with Crippen LogP contribution in [0.1, 0.15) is 43.4 Å². The number of nitrogens with zero attached hydrogens (tertiary/aromatic N) is 2. The maximum atomic E-state index is 14.3. The van der Waals surface area contributed by atoms with Gasteiger partial charge in [0.25, 0.3) is 0 Å². The van der Waals surface area contributed by atoms with Crippen LogP contribution in [-0.2, 0) is 19.3 Å². The summed E-state index contributed by atoms with van der Waals surface area (Å²) in [5, 5.41) is 3.39. The van der Waals surface area contributed by atoms with Crippen LogP contribution in [0.5, 0.6) is 0 Å². The molecular weight excluding hydrogens is 402 g/mol. The van der Waals surface area contributed by atoms with Crippen molar-refractivity contribution >= 4 is 9.84 Å². The van der Waals surface area contributed by atoms with Crippen molar-refractivity contribution in [2.75, 3.05) is 46.0 Å². The molecule has 166 valence electrons. The number of aromatic nitrogens is 1. The van der Waals surface area contributed by atoms with E-state index in [9.17, 15) is 8.42 Å². The predicted octanol–water partition coefficient (Wildman–Crippen LogP) is 1.82. The van der Waals surface area contributed by atoms with Crippen LogP contribution >= 0.6 is 0 Å². The van der Waals surface area contributed by atoms with Crippen molar-refractivity contribution in [3.8, 4) is 0 Å². The summed E-state index contributed by atoms with van der Waals surface area (Å²) in [6, 6.07) is 1.87. The number of aryl methyl sites for hydroxylation is 2. The van der Waals surface area contributed by atoms with Crippen LogP contribution in [0.2, 0.25) is 0 Å². The van der Waals surface area contributed by atoms with Crippen LogP contribution < -0.4 is 5.32 Å². The van der Waals surface area contributed by atoms with Gasteiger partial charge in [-0.2, -0.15) is 0 Å². The first-order valence-corrected chi connectivity index (χ1v) is 12.6. The Morgan fingerprint density at radius 3 is 2.63 bits per heavy atom. The Balaban J connectivity index is 1.57. The number of sulfone groups is 1. The summed E-state index contributed by atoms with van der Waals surface area (Å²) in [4.78, 5) is 5.89. The standard InChI is InChI=1S/C22H33N3O4S/c1-17-11-18(2)24-12-19(17)30(26,27)22(13-21(29-16-22)3-7-23-8-4-21)25-9-5-20(14-25)6-10-28-15-20/h11-12,23H,3-10,13-16H2,1-2H3. The number of pyridine rings is 1. The molecule has 0 amide bonds. The number of ether oxygens (including phenoxy) is 2. The van der Waals surface area contributed by atoms with Gasteiger partial charge in [-0.3, -0.25) is 9.88 Å². The summed E-state index contributed by atoms with van der Waals surface area (Å²) in [5.74, 6) is 0. The molecule has 1 N–H and O–H groups in total. The van der Waals surface area contributed by atoms with E-state index in [2.05, 4.69) is 15.2 Å². The molecular formula is C22H33N3O4S. The molecule has 1 aromatic heterocycles. The van der Waals surface area contributed by atoms with E-state index in [1.54, 1.807) is 6.20 Å². The third kappa shape index (κ3) is 3.14. The zero-order valence-electron chi connectivity index (χ0n) is 18.1. The second-order valence-electron chi connectivity index (χ2n) is 9.91. The lowest BCUT2D eigenvalue weighted by Gasteiger charge is -2.40. The van der Waals surface area contributed by atoms with Crippen molar-refractivity contribution in [3.63, 3.8) is 0 Å². The monoisotopic (exact) mass is 435 g/mol. The minimum atomic E-state index is -3.68. The smallest absolute Gasteiger partial charge is 0.201 e. The molecule has 30 heavy (non-hydrogen) atoms. The van der Waals surface area contributed by atoms with Crippen molar-refractivity contribution in [3.05, 3.63) is 23.5 Å². The molecule has 7 nitrogen and oxygen atoms in total. The van der Waals surface area contributed by atoms with Gasteiger partial charge in [-0.15, -0.1) is 0 Å². The molecule has 4 aliphatic heterocycles. The van der Waals surface area contributed by atoms with E-state index in [0.717, 1.165) is 76.3 Å². The van der Waals surface area contributed by atoms with Gasteiger partial charge in [-0.1, -0.05) is 0 Å². The molecule has 0 radical (unpaired) electrons. The lowest BCUT2D eigenvalue weighted by molar-refractivity contribution is -0.0207. The van der Waals surface area contributed by atoms with Gasteiger partial charge >= 0.3 is 0 Å². The van der Waals surface area contributed by atoms with Gasteiger partial charge in [0.2, 0.25) is 9.84 Å². The summed E-state index contributed by atoms with van der Waals surface area (Å²) in [6.07, 6.45) is 5.81. The largest absolute Gasteiger partial charge is 0.381 e. The van der Waals surface area contributed by atoms with E-state index < -0.39 is 14.7 Å². The molecule has 1 aromatic rings. The first-order valence-electron chi connectivity index (χ1n) is 11.2. The Morgan fingerprint density at radius 2 is 1.93 bits per heavy atom. The van der Waals surface area contributed by atoms with Crippen molar-refractivity contribution in [2.45, 2.75) is 61.3 Å². The van der Waals surface area contributed by atoms with Gasteiger partial charge in [-0.05, 0) is 64.3 Å². The normalized spacial score (nSPS) is 34.3. The summed E-state index contributed by atoms with van der Waals surface area (Å²) in [5.41, 5.74) is 1.34. The fourth-order valence-corrected chi connectivity index (χ4v) is 8.29. The number of nitrogens with one attached hydrogen (secondary N) is 1. The molecule has 2 spiro atoms. The molecule has 0 aliphatic carbocycles. The minimum Gasteiger partial charge on any atom is -0.381 e. The fourth-order valence-electron chi connectivity index (χ4n) is 6.04. The second kappa shape index (κ2) is 7.24. The zero-order valence-corrected chi connectivity index (χ0v) is 18.9. The number of piperidine rings is 1. The number of hydrogen-bond donors (Lipinski definition) is 1. The van der Waals surface area contributed by atoms with Crippen LogP contribution in [0.3, 0.4) is 0 Å². The van der Waals surface area contributed by atoms with Crippen LogP contribution in [0.25, 0.3) is 0 Å². The highest BCUT2D eigenvalue weighted by Gasteiger charge is 2.62. The average Bonchev–Trinajstić information content (AvgIpc) is 3.43. The topological polar surface area (TPSA) is 80.8 Å². The van der Waals surface area contributed by atoms with Crippen molar-refractivity contribution in [1.82, 2.24) is 15.2 Å². The molecule has 0 bridgehead atoms. The molecule has 0 saturated carbocycles. The highest BCUT2D eigenvalue weighted by molar-refractivity contribution is 7.92. The van der Waals surface area contributed by atoms with Crippen LogP contribution in [0, 0.1) is 19.3 Å². The Kier molecular flexibility index (Phi) is 5.02. The van der Waals surface area contributed by atoms with Crippen molar-refractivity contribution in [2.24, 2.45) is 5.41 Å². The lowest BCUT2D eigenvalue weighted by Crippen LogP contribution is -2.56. The molecule has 4 aliphatic rings. The van der Waals surface area contributed by atoms with E-state index in [1.807, 2.05) is 19.9 Å². The summed E-state index contributed by atoms with van der Waals surface area (Å²) < 4.78 is 40.7. The molecule has 2 unspecified atom stereocenters. The zero-order chi connectivity index (χ0) is 21.0. The van der Waals surface area contributed by atoms with Crippen molar-refractivity contribution < 1.29 is 17.9 Å². The van der Waals surface area contributed by atoms with Gasteiger partial charge in [0.1, 0.15) is 0 Å². The van der Waals surface area contributed by atoms with Gasteiger partial charge in [-0.25, -0.2) is 8.42 Å². The summed E-state index contributed by atoms with van der Waals surface area (Å²) >= 11 is 0. The Bertz CT molecular complexity index is 922. The SMILES string of the molecule is Cc1cc(C)c(S(=O)(=O)C2(N3CCC4(CCOC4)C3)COC3(CCNCC3)C2)cn1. The summed E-state index contributed by atoms with van der Waals surface area (Å²) in [6.45, 7) is 8.81. The van der Waals surface area contributed by atoms with Crippen LogP contribution in [0.4, 0.5) is 0 Å². The lowest BCUT2D eigenvalue weighted by atomic mass is 9.86. The molecule has 0 aromatic carbocycles. The van der Waals surface area contributed by atoms with E-state index in [4.69, 9.17) is 9.47 Å². The molecule has 4 saturated heterocycles. The summed E-state index contributed by atoms with van der Waals surface area (Å²) in [7, 11) is -3.68. The predicted molar refractivity (Wildman–Crippen MR) is 113 cm³/mol. The van der Waals surface area contributed by atoms with Gasteiger partial charge in [0.15, 0.2) is 4.87 Å². The highest BCUT2D eigenvalue weighted by atomic mass is 32.2. The number of hydrogen-bond acceptors (Lipinski definition) is 7. The molecule has 5 heterocycles.